The quantitative estimate of drug-likeness (QED) is 0.254. The van der Waals surface area contributed by atoms with Gasteiger partial charge >= 0.3 is 12.7 Å². The summed E-state index contributed by atoms with van der Waals surface area (Å²) in [5, 5.41) is 0. The number of aromatic amines is 2. The zero-order chi connectivity index (χ0) is 26.5. The Morgan fingerprint density at radius 2 is 1.11 bits per heavy atom. The van der Waals surface area contributed by atoms with Crippen LogP contribution in [0.1, 0.15) is 52.2 Å². The molecule has 0 bridgehead atoms. The van der Waals surface area contributed by atoms with Crippen molar-refractivity contribution in [3.63, 3.8) is 0 Å². The molecular weight excluding hydrogens is 490 g/mol. The van der Waals surface area contributed by atoms with E-state index >= 15 is 0 Å². The van der Waals surface area contributed by atoms with Gasteiger partial charge in [0.2, 0.25) is 0 Å². The molecule has 0 radical (unpaired) electrons. The maximum atomic E-state index is 12.5. The predicted molar refractivity (Wildman–Crippen MR) is 121 cm³/mol. The molecule has 36 heavy (non-hydrogen) atoms. The number of alkyl halides is 6. The lowest BCUT2D eigenvalue weighted by Gasteiger charge is -2.28. The molecule has 12 heteroatoms. The van der Waals surface area contributed by atoms with Crippen molar-refractivity contribution >= 4 is 22.1 Å². The summed E-state index contributed by atoms with van der Waals surface area (Å²) in [6, 6.07) is 7.86. The highest BCUT2D eigenvalue weighted by atomic mass is 19.4. The molecular formula is C24H24F6N4O2. The molecule has 0 aliphatic carbocycles. The molecule has 2 aromatic carbocycles. The van der Waals surface area contributed by atoms with Crippen LogP contribution in [0.3, 0.4) is 0 Å². The molecule has 0 spiro atoms. The van der Waals surface area contributed by atoms with Crippen LogP contribution >= 0.6 is 0 Å². The lowest BCUT2D eigenvalue weighted by molar-refractivity contribution is -0.275. The first-order valence-electron chi connectivity index (χ1n) is 11.0. The third kappa shape index (κ3) is 5.85. The van der Waals surface area contributed by atoms with Crippen LogP contribution in [0.2, 0.25) is 0 Å². The molecule has 6 nitrogen and oxygen atoms in total. The van der Waals surface area contributed by atoms with Crippen LogP contribution in [0, 0.1) is 0 Å². The van der Waals surface area contributed by atoms with Crippen molar-refractivity contribution in [1.82, 2.24) is 19.9 Å². The molecule has 0 aliphatic heterocycles. The van der Waals surface area contributed by atoms with Gasteiger partial charge in [0.15, 0.2) is 0 Å². The molecule has 0 aliphatic rings. The number of imidazole rings is 2. The Labute approximate surface area is 202 Å². The Bertz CT molecular complexity index is 1280. The molecule has 0 unspecified atom stereocenters. The number of nitrogens with zero attached hydrogens (tertiary/aromatic N) is 2. The number of fused-ring (bicyclic) bond motifs is 2. The van der Waals surface area contributed by atoms with E-state index in [9.17, 15) is 26.3 Å². The average Bonchev–Trinajstić information content (AvgIpc) is 3.34. The number of ether oxygens (including phenoxy) is 2. The number of rotatable bonds is 7. The first-order chi connectivity index (χ1) is 16.5. The number of hydrogen-bond donors (Lipinski definition) is 2. The van der Waals surface area contributed by atoms with Crippen LogP contribution in [0.15, 0.2) is 36.4 Å². The van der Waals surface area contributed by atoms with Crippen molar-refractivity contribution in [2.24, 2.45) is 0 Å². The smallest absolute Gasteiger partial charge is 0.406 e. The van der Waals surface area contributed by atoms with E-state index in [1.807, 2.05) is 27.7 Å². The topological polar surface area (TPSA) is 75.8 Å². The molecule has 194 valence electrons. The van der Waals surface area contributed by atoms with Crippen LogP contribution in [-0.2, 0) is 10.8 Å². The van der Waals surface area contributed by atoms with Crippen LogP contribution in [-0.4, -0.2) is 32.7 Å². The van der Waals surface area contributed by atoms with Crippen molar-refractivity contribution in [1.29, 1.82) is 0 Å². The second-order valence-corrected chi connectivity index (χ2v) is 9.89. The molecule has 0 saturated heterocycles. The minimum Gasteiger partial charge on any atom is -0.406 e. The molecule has 2 heterocycles. The Hall–Kier alpha value is -3.44. The fourth-order valence-corrected chi connectivity index (χ4v) is 3.87. The van der Waals surface area contributed by atoms with Crippen molar-refractivity contribution in [2.45, 2.75) is 64.1 Å². The van der Waals surface area contributed by atoms with Crippen molar-refractivity contribution in [3.05, 3.63) is 48.0 Å². The van der Waals surface area contributed by atoms with Gasteiger partial charge in [-0.2, -0.15) is 0 Å². The first kappa shape index (κ1) is 25.6. The van der Waals surface area contributed by atoms with Crippen LogP contribution in [0.4, 0.5) is 26.3 Å². The van der Waals surface area contributed by atoms with Gasteiger partial charge in [-0.15, -0.1) is 26.3 Å². The third-order valence-electron chi connectivity index (χ3n) is 6.03. The lowest BCUT2D eigenvalue weighted by atomic mass is 9.78. The van der Waals surface area contributed by atoms with Gasteiger partial charge in [0.05, 0.1) is 22.1 Å². The lowest BCUT2D eigenvalue weighted by Crippen LogP contribution is -2.26. The summed E-state index contributed by atoms with van der Waals surface area (Å²) in [7, 11) is 0. The standard InChI is InChI=1S/C24H24F6N4O2/c1-21(2,19-31-15-7-5-13(11-17(15)33-19)35-23(25,26)27)9-10-22(3,4)20-32-16-8-6-14(12-18(16)34-20)36-24(28,29)30/h5-8,11-12H,9-10H2,1-4H3,(H,31,33)(H,32,34). The van der Waals surface area contributed by atoms with Crippen LogP contribution in [0.25, 0.3) is 22.1 Å². The fourth-order valence-electron chi connectivity index (χ4n) is 3.87. The molecule has 4 aromatic rings. The van der Waals surface area contributed by atoms with E-state index in [1.165, 1.54) is 36.4 Å². The Kier molecular flexibility index (Phi) is 6.12. The monoisotopic (exact) mass is 514 g/mol. The summed E-state index contributed by atoms with van der Waals surface area (Å²) >= 11 is 0. The summed E-state index contributed by atoms with van der Waals surface area (Å²) in [6.07, 6.45) is -8.32. The average molecular weight is 514 g/mol. The van der Waals surface area contributed by atoms with Crippen molar-refractivity contribution < 1.29 is 35.8 Å². The molecule has 4 rings (SSSR count). The van der Waals surface area contributed by atoms with Gasteiger partial charge in [-0.05, 0) is 37.1 Å². The summed E-state index contributed by atoms with van der Waals surface area (Å²) in [6.45, 7) is 7.86. The van der Waals surface area contributed by atoms with Gasteiger partial charge in [-0.1, -0.05) is 27.7 Å². The maximum absolute atomic E-state index is 12.5. The Morgan fingerprint density at radius 1 is 0.639 bits per heavy atom. The number of hydrogen-bond acceptors (Lipinski definition) is 4. The van der Waals surface area contributed by atoms with Gasteiger partial charge in [-0.25, -0.2) is 9.97 Å². The van der Waals surface area contributed by atoms with Crippen molar-refractivity contribution in [2.75, 3.05) is 0 Å². The number of halogens is 6. The summed E-state index contributed by atoms with van der Waals surface area (Å²) in [5.74, 6) is 0.533. The van der Waals surface area contributed by atoms with E-state index in [0.717, 1.165) is 0 Å². The fraction of sp³-hybridized carbons (Fsp3) is 0.417. The second kappa shape index (κ2) is 8.59. The van der Waals surface area contributed by atoms with Gasteiger partial charge in [0.1, 0.15) is 23.1 Å². The number of benzene rings is 2. The third-order valence-corrected chi connectivity index (χ3v) is 6.03. The number of nitrogens with one attached hydrogen (secondary N) is 2. The molecule has 0 saturated carbocycles. The van der Waals surface area contributed by atoms with Gasteiger partial charge in [-0.3, -0.25) is 0 Å². The van der Waals surface area contributed by atoms with Crippen LogP contribution in [0.5, 0.6) is 11.5 Å². The van der Waals surface area contributed by atoms with Gasteiger partial charge in [0, 0.05) is 23.0 Å². The zero-order valence-electron chi connectivity index (χ0n) is 19.9. The largest absolute Gasteiger partial charge is 0.573 e. The van der Waals surface area contributed by atoms with E-state index in [0.29, 0.717) is 46.6 Å². The summed E-state index contributed by atoms with van der Waals surface area (Å²) < 4.78 is 83.2. The number of aromatic nitrogens is 4. The molecule has 2 N–H and O–H groups in total. The molecule has 0 atom stereocenters. The van der Waals surface area contributed by atoms with E-state index in [2.05, 4.69) is 29.4 Å². The van der Waals surface area contributed by atoms with Gasteiger partial charge < -0.3 is 19.4 Å². The predicted octanol–water partition coefficient (Wildman–Crippen LogP) is 7.27. The first-order valence-corrected chi connectivity index (χ1v) is 11.0. The minimum absolute atomic E-state index is 0.335. The molecule has 2 aromatic heterocycles. The summed E-state index contributed by atoms with van der Waals surface area (Å²) in [5.41, 5.74) is 0.936. The van der Waals surface area contributed by atoms with E-state index in [1.54, 1.807) is 0 Å². The Morgan fingerprint density at radius 3 is 1.67 bits per heavy atom. The highest BCUT2D eigenvalue weighted by molar-refractivity contribution is 5.77. The zero-order valence-corrected chi connectivity index (χ0v) is 19.9. The van der Waals surface area contributed by atoms with Crippen molar-refractivity contribution in [3.8, 4) is 11.5 Å². The van der Waals surface area contributed by atoms with E-state index in [-0.39, 0.29) is 11.5 Å². The summed E-state index contributed by atoms with van der Waals surface area (Å²) in [4.78, 5) is 15.3. The van der Waals surface area contributed by atoms with Crippen LogP contribution < -0.4 is 9.47 Å². The maximum Gasteiger partial charge on any atom is 0.573 e. The van der Waals surface area contributed by atoms with E-state index < -0.39 is 23.6 Å². The molecule has 0 fully saturated rings. The second-order valence-electron chi connectivity index (χ2n) is 9.89. The van der Waals surface area contributed by atoms with Gasteiger partial charge in [0.25, 0.3) is 0 Å². The normalized spacial score (nSPS) is 13.5. The SMILES string of the molecule is CC(C)(CCC(C)(C)c1nc2ccc(OC(F)(F)F)cc2[nH]1)c1nc2cc(OC(F)(F)F)ccc2[nH]1. The minimum atomic E-state index is -4.79. The number of H-pyrrole nitrogens is 2. The molecule has 0 amide bonds. The highest BCUT2D eigenvalue weighted by Gasteiger charge is 2.34. The Balaban J connectivity index is 1.50. The highest BCUT2D eigenvalue weighted by Crippen LogP contribution is 2.36. The van der Waals surface area contributed by atoms with E-state index in [4.69, 9.17) is 0 Å².